The van der Waals surface area contributed by atoms with Crippen molar-refractivity contribution in [3.63, 3.8) is 0 Å². The highest BCUT2D eigenvalue weighted by Crippen LogP contribution is 2.39. The zero-order chi connectivity index (χ0) is 21.8. The molecule has 164 valence electrons. The Labute approximate surface area is 189 Å². The normalized spacial score (nSPS) is 19.8. The second-order valence-corrected chi connectivity index (χ2v) is 9.15. The number of nitrogens with two attached hydrogens (primary N) is 1. The van der Waals surface area contributed by atoms with Crippen LogP contribution in [0, 0.1) is 5.92 Å². The summed E-state index contributed by atoms with van der Waals surface area (Å²) in [5, 5.41) is 11.3. The third kappa shape index (κ3) is 4.52. The van der Waals surface area contributed by atoms with Crippen molar-refractivity contribution in [2.24, 2.45) is 5.92 Å². The van der Waals surface area contributed by atoms with Gasteiger partial charge in [0, 0.05) is 5.92 Å². The maximum atomic E-state index is 6.11. The molecule has 0 saturated heterocycles. The summed E-state index contributed by atoms with van der Waals surface area (Å²) in [4.78, 5) is 4.33. The van der Waals surface area contributed by atoms with E-state index in [0.29, 0.717) is 11.5 Å². The summed E-state index contributed by atoms with van der Waals surface area (Å²) in [6.45, 7) is 0. The molecule has 1 aliphatic carbocycles. The van der Waals surface area contributed by atoms with Crippen molar-refractivity contribution in [3.05, 3.63) is 83.4 Å². The molecule has 0 unspecified atom stereocenters. The second kappa shape index (κ2) is 9.51. The number of H-pyrrole nitrogens is 1. The molecule has 2 aromatic heterocycles. The molecular formula is C27H31N5. The molecule has 0 bridgehead atoms. The zero-order valence-electron chi connectivity index (χ0n) is 18.5. The molecule has 1 aliphatic rings. The number of fused-ring (bicyclic) bond motifs is 1. The standard InChI is InChI=1S/C27H31N5/c28-25-18-24(26-27(29-25)31-32-30-26)23(22-11-5-2-6-12-22)13-7-8-19-14-16-21(17-15-19)20-9-3-1-4-10-20/h1-6,9-12,18-19,21,23H,7-8,13-17H2,(H3,28,29,30,31,32)/t19?,21?,23-/m1/s1. The van der Waals surface area contributed by atoms with Crippen LogP contribution in [0.15, 0.2) is 66.7 Å². The SMILES string of the molecule is Nc1cc([C@H](CCCC2CCC(c3ccccc3)CC2)c2ccccc2)c2n[nH]nc2n1. The van der Waals surface area contributed by atoms with Crippen LogP contribution in [-0.4, -0.2) is 20.4 Å². The molecular weight excluding hydrogens is 394 g/mol. The molecule has 1 saturated carbocycles. The Morgan fingerprint density at radius 3 is 2.38 bits per heavy atom. The van der Waals surface area contributed by atoms with Crippen LogP contribution in [0.4, 0.5) is 5.82 Å². The largest absolute Gasteiger partial charge is 0.384 e. The van der Waals surface area contributed by atoms with Crippen molar-refractivity contribution in [1.29, 1.82) is 0 Å². The molecule has 2 aromatic carbocycles. The van der Waals surface area contributed by atoms with E-state index in [2.05, 4.69) is 81.1 Å². The number of hydrogen-bond donors (Lipinski definition) is 2. The first kappa shape index (κ1) is 20.7. The summed E-state index contributed by atoms with van der Waals surface area (Å²) < 4.78 is 0. The van der Waals surface area contributed by atoms with Crippen molar-refractivity contribution >= 4 is 17.0 Å². The number of pyridine rings is 1. The predicted molar refractivity (Wildman–Crippen MR) is 129 cm³/mol. The van der Waals surface area contributed by atoms with Gasteiger partial charge in [-0.05, 0) is 66.7 Å². The molecule has 0 amide bonds. The molecule has 2 heterocycles. The van der Waals surface area contributed by atoms with Gasteiger partial charge in [-0.25, -0.2) is 4.98 Å². The van der Waals surface area contributed by atoms with Gasteiger partial charge in [-0.15, -0.1) is 5.10 Å². The number of nitrogen functional groups attached to an aromatic ring is 1. The molecule has 3 N–H and O–H groups in total. The predicted octanol–water partition coefficient (Wildman–Crippen LogP) is 6.21. The molecule has 0 spiro atoms. The monoisotopic (exact) mass is 425 g/mol. The molecule has 0 aliphatic heterocycles. The van der Waals surface area contributed by atoms with Crippen molar-refractivity contribution in [1.82, 2.24) is 20.4 Å². The molecule has 1 atom stereocenters. The summed E-state index contributed by atoms with van der Waals surface area (Å²) in [6.07, 6.45) is 8.87. The van der Waals surface area contributed by atoms with Gasteiger partial charge in [0.15, 0.2) is 0 Å². The molecule has 5 nitrogen and oxygen atoms in total. The van der Waals surface area contributed by atoms with Crippen LogP contribution in [-0.2, 0) is 0 Å². The quantitative estimate of drug-likeness (QED) is 0.369. The summed E-state index contributed by atoms with van der Waals surface area (Å²) in [5.74, 6) is 2.32. The minimum atomic E-state index is 0.245. The van der Waals surface area contributed by atoms with Crippen LogP contribution in [0.1, 0.15) is 73.5 Å². The highest BCUT2D eigenvalue weighted by molar-refractivity contribution is 5.77. The lowest BCUT2D eigenvalue weighted by molar-refractivity contribution is 0.301. The van der Waals surface area contributed by atoms with E-state index in [-0.39, 0.29) is 5.92 Å². The highest BCUT2D eigenvalue weighted by atomic mass is 15.3. The van der Waals surface area contributed by atoms with Crippen molar-refractivity contribution in [2.75, 3.05) is 5.73 Å². The molecule has 0 radical (unpaired) electrons. The average molecular weight is 426 g/mol. The summed E-state index contributed by atoms with van der Waals surface area (Å²) >= 11 is 0. The summed E-state index contributed by atoms with van der Waals surface area (Å²) in [6, 6.07) is 23.7. The first-order valence-electron chi connectivity index (χ1n) is 11.8. The number of aromatic nitrogens is 4. The maximum Gasteiger partial charge on any atom is 0.203 e. The first-order valence-corrected chi connectivity index (χ1v) is 11.8. The van der Waals surface area contributed by atoms with Gasteiger partial charge in [0.2, 0.25) is 5.65 Å². The van der Waals surface area contributed by atoms with Gasteiger partial charge in [0.05, 0.1) is 0 Å². The first-order chi connectivity index (χ1) is 15.8. The number of benzene rings is 2. The van der Waals surface area contributed by atoms with Gasteiger partial charge in [-0.2, -0.15) is 10.3 Å². The molecule has 5 rings (SSSR count). The van der Waals surface area contributed by atoms with Gasteiger partial charge >= 0.3 is 0 Å². The van der Waals surface area contributed by atoms with E-state index < -0.39 is 0 Å². The Morgan fingerprint density at radius 2 is 1.62 bits per heavy atom. The van der Waals surface area contributed by atoms with Gasteiger partial charge in [0.1, 0.15) is 11.3 Å². The molecule has 4 aromatic rings. The number of hydrogen-bond acceptors (Lipinski definition) is 4. The van der Waals surface area contributed by atoms with E-state index in [1.165, 1.54) is 49.7 Å². The van der Waals surface area contributed by atoms with E-state index in [1.807, 2.05) is 6.07 Å². The third-order valence-corrected chi connectivity index (χ3v) is 7.14. The Balaban J connectivity index is 1.26. The third-order valence-electron chi connectivity index (χ3n) is 7.14. The van der Waals surface area contributed by atoms with E-state index in [9.17, 15) is 0 Å². The fraction of sp³-hybridized carbons (Fsp3) is 0.370. The minimum Gasteiger partial charge on any atom is -0.384 e. The molecule has 5 heteroatoms. The Hall–Kier alpha value is -3.21. The number of rotatable bonds is 7. The number of nitrogens with one attached hydrogen (secondary N) is 1. The summed E-state index contributed by atoms with van der Waals surface area (Å²) in [5.41, 5.74) is 11.5. The van der Waals surface area contributed by atoms with Crippen LogP contribution in [0.25, 0.3) is 11.2 Å². The number of nitrogens with zero attached hydrogens (tertiary/aromatic N) is 3. The second-order valence-electron chi connectivity index (χ2n) is 9.15. The van der Waals surface area contributed by atoms with Gasteiger partial charge in [0.25, 0.3) is 0 Å². The van der Waals surface area contributed by atoms with E-state index in [4.69, 9.17) is 5.73 Å². The highest BCUT2D eigenvalue weighted by Gasteiger charge is 2.24. The van der Waals surface area contributed by atoms with E-state index in [1.54, 1.807) is 0 Å². The number of anilines is 1. The Bertz CT molecular complexity index is 1130. The van der Waals surface area contributed by atoms with Crippen LogP contribution in [0.3, 0.4) is 0 Å². The van der Waals surface area contributed by atoms with Gasteiger partial charge in [-0.1, -0.05) is 73.5 Å². The van der Waals surface area contributed by atoms with Crippen LogP contribution < -0.4 is 5.73 Å². The van der Waals surface area contributed by atoms with Gasteiger partial charge < -0.3 is 5.73 Å². The lowest BCUT2D eigenvalue weighted by atomic mass is 9.76. The molecule has 32 heavy (non-hydrogen) atoms. The smallest absolute Gasteiger partial charge is 0.203 e. The van der Waals surface area contributed by atoms with E-state index >= 15 is 0 Å². The fourth-order valence-electron chi connectivity index (χ4n) is 5.45. The van der Waals surface area contributed by atoms with Crippen LogP contribution in [0.2, 0.25) is 0 Å². The fourth-order valence-corrected chi connectivity index (χ4v) is 5.45. The van der Waals surface area contributed by atoms with Crippen molar-refractivity contribution in [3.8, 4) is 0 Å². The minimum absolute atomic E-state index is 0.245. The summed E-state index contributed by atoms with van der Waals surface area (Å²) in [7, 11) is 0. The lowest BCUT2D eigenvalue weighted by Gasteiger charge is -2.29. The Kier molecular flexibility index (Phi) is 6.15. The topological polar surface area (TPSA) is 80.5 Å². The average Bonchev–Trinajstić information content (AvgIpc) is 3.31. The number of aromatic amines is 1. The van der Waals surface area contributed by atoms with Crippen LogP contribution in [0.5, 0.6) is 0 Å². The lowest BCUT2D eigenvalue weighted by Crippen LogP contribution is -2.14. The van der Waals surface area contributed by atoms with Crippen molar-refractivity contribution in [2.45, 2.75) is 56.8 Å². The van der Waals surface area contributed by atoms with E-state index in [0.717, 1.165) is 29.3 Å². The zero-order valence-corrected chi connectivity index (χ0v) is 18.5. The van der Waals surface area contributed by atoms with Crippen LogP contribution >= 0.6 is 0 Å². The van der Waals surface area contributed by atoms with Crippen molar-refractivity contribution < 1.29 is 0 Å². The van der Waals surface area contributed by atoms with Gasteiger partial charge in [-0.3, -0.25) is 0 Å². The molecule has 1 fully saturated rings. The maximum absolute atomic E-state index is 6.11. The Morgan fingerprint density at radius 1 is 0.906 bits per heavy atom.